The molecule has 1 unspecified atom stereocenters. The Hall–Kier alpha value is -0.820. The van der Waals surface area contributed by atoms with Gasteiger partial charge in [-0.2, -0.15) is 0 Å². The Morgan fingerprint density at radius 1 is 0.476 bits per heavy atom. The van der Waals surface area contributed by atoms with Gasteiger partial charge in [0.1, 0.15) is 5.54 Å². The second-order valence-corrected chi connectivity index (χ2v) is 14.7. The SMILES string of the molecule is CCCCCCCCCCCCCCCC[N+](C)(C)C(C)(CCCCCCCCCCCCCC)c1ccccc1C. The predicted octanol–water partition coefficient (Wildman–Crippen LogP) is 13.9. The van der Waals surface area contributed by atoms with Gasteiger partial charge in [-0.3, -0.25) is 0 Å². The van der Waals surface area contributed by atoms with E-state index in [1.807, 2.05) is 0 Å². The molecule has 1 heteroatoms. The summed E-state index contributed by atoms with van der Waals surface area (Å²) in [5.74, 6) is 0. The van der Waals surface area contributed by atoms with Crippen molar-refractivity contribution in [2.24, 2.45) is 0 Å². The smallest absolute Gasteiger partial charge is 0.122 e. The van der Waals surface area contributed by atoms with E-state index in [1.165, 1.54) is 185 Å². The standard InChI is InChI=1S/C41H78N/c1-7-9-11-13-15-17-19-21-22-24-26-28-30-34-38-42(5,6)41(4,40-36-32-31-35-39(40)3)37-33-29-27-25-23-20-18-16-14-12-10-8-2/h31-32,35-36H,7-30,33-34,37-38H2,1-6H3/q+1. The summed E-state index contributed by atoms with van der Waals surface area (Å²) >= 11 is 0. The minimum absolute atomic E-state index is 0.195. The van der Waals surface area contributed by atoms with E-state index < -0.39 is 0 Å². The van der Waals surface area contributed by atoms with Crippen molar-refractivity contribution in [3.05, 3.63) is 35.4 Å². The Labute approximate surface area is 266 Å². The molecule has 1 atom stereocenters. The van der Waals surface area contributed by atoms with Crippen LogP contribution in [0.1, 0.15) is 205 Å². The summed E-state index contributed by atoms with van der Waals surface area (Å²) in [6.07, 6.45) is 38.6. The first-order chi connectivity index (χ1) is 20.4. The van der Waals surface area contributed by atoms with E-state index in [0.717, 1.165) is 4.48 Å². The van der Waals surface area contributed by atoms with Crippen molar-refractivity contribution in [1.29, 1.82) is 0 Å². The quantitative estimate of drug-likeness (QED) is 0.0623. The lowest BCUT2D eigenvalue weighted by Crippen LogP contribution is -2.56. The molecule has 0 aliphatic carbocycles. The topological polar surface area (TPSA) is 0 Å². The minimum atomic E-state index is 0.195. The van der Waals surface area contributed by atoms with Crippen LogP contribution in [0.4, 0.5) is 0 Å². The van der Waals surface area contributed by atoms with E-state index in [9.17, 15) is 0 Å². The van der Waals surface area contributed by atoms with Crippen molar-refractivity contribution in [2.75, 3.05) is 20.6 Å². The van der Waals surface area contributed by atoms with Crippen LogP contribution in [0.25, 0.3) is 0 Å². The van der Waals surface area contributed by atoms with Crippen LogP contribution in [0.5, 0.6) is 0 Å². The molecule has 0 aliphatic heterocycles. The highest BCUT2D eigenvalue weighted by molar-refractivity contribution is 5.31. The Morgan fingerprint density at radius 2 is 0.810 bits per heavy atom. The molecule has 1 aromatic carbocycles. The number of hydrogen-bond acceptors (Lipinski definition) is 0. The summed E-state index contributed by atoms with van der Waals surface area (Å²) < 4.78 is 1.12. The zero-order valence-electron chi connectivity index (χ0n) is 30.1. The zero-order chi connectivity index (χ0) is 30.8. The second-order valence-electron chi connectivity index (χ2n) is 14.7. The van der Waals surface area contributed by atoms with Gasteiger partial charge in [0.2, 0.25) is 0 Å². The minimum Gasteiger partial charge on any atom is -0.320 e. The number of rotatable bonds is 30. The highest BCUT2D eigenvalue weighted by Crippen LogP contribution is 2.39. The number of nitrogens with zero attached hydrogens (tertiary/aromatic N) is 1. The van der Waals surface area contributed by atoms with Crippen LogP contribution in [-0.2, 0) is 5.54 Å². The van der Waals surface area contributed by atoms with Gasteiger partial charge in [0.05, 0.1) is 20.6 Å². The van der Waals surface area contributed by atoms with Crippen molar-refractivity contribution >= 4 is 0 Å². The van der Waals surface area contributed by atoms with Crippen LogP contribution >= 0.6 is 0 Å². The fourth-order valence-electron chi connectivity index (χ4n) is 7.20. The fourth-order valence-corrected chi connectivity index (χ4v) is 7.20. The monoisotopic (exact) mass is 585 g/mol. The average Bonchev–Trinajstić information content (AvgIpc) is 2.98. The summed E-state index contributed by atoms with van der Waals surface area (Å²) in [5, 5.41) is 0. The summed E-state index contributed by atoms with van der Waals surface area (Å²) in [6.45, 7) is 10.8. The first-order valence-corrected chi connectivity index (χ1v) is 19.3. The van der Waals surface area contributed by atoms with E-state index in [-0.39, 0.29) is 5.54 Å². The molecule has 1 nitrogen and oxygen atoms in total. The van der Waals surface area contributed by atoms with Crippen molar-refractivity contribution in [3.8, 4) is 0 Å². The zero-order valence-corrected chi connectivity index (χ0v) is 30.1. The molecule has 0 aliphatic rings. The lowest BCUT2D eigenvalue weighted by Gasteiger charge is -2.48. The van der Waals surface area contributed by atoms with Crippen molar-refractivity contribution < 1.29 is 4.48 Å². The maximum absolute atomic E-state index is 2.58. The lowest BCUT2D eigenvalue weighted by atomic mass is 9.80. The molecule has 42 heavy (non-hydrogen) atoms. The van der Waals surface area contributed by atoms with Gasteiger partial charge >= 0.3 is 0 Å². The van der Waals surface area contributed by atoms with Crippen molar-refractivity contribution in [3.63, 3.8) is 0 Å². The molecule has 0 saturated carbocycles. The third-order valence-electron chi connectivity index (χ3n) is 10.6. The number of benzene rings is 1. The van der Waals surface area contributed by atoms with Crippen molar-refractivity contribution in [2.45, 2.75) is 207 Å². The Kier molecular flexibility index (Phi) is 23.8. The molecule has 0 amide bonds. The van der Waals surface area contributed by atoms with Gasteiger partial charge in [-0.15, -0.1) is 0 Å². The second kappa shape index (κ2) is 25.5. The van der Waals surface area contributed by atoms with Crippen LogP contribution in [0.3, 0.4) is 0 Å². The summed E-state index contributed by atoms with van der Waals surface area (Å²) in [7, 11) is 5.05. The van der Waals surface area contributed by atoms with Crippen LogP contribution in [0.2, 0.25) is 0 Å². The lowest BCUT2D eigenvalue weighted by molar-refractivity contribution is -0.948. The summed E-state index contributed by atoms with van der Waals surface area (Å²) in [5.41, 5.74) is 3.26. The molecule has 0 bridgehead atoms. The molecule has 0 fully saturated rings. The molecular formula is C41H78N+. The molecule has 1 rings (SSSR count). The molecule has 0 aromatic heterocycles. The maximum Gasteiger partial charge on any atom is 0.122 e. The van der Waals surface area contributed by atoms with Gasteiger partial charge in [-0.1, -0.05) is 186 Å². The number of unbranched alkanes of at least 4 members (excludes halogenated alkanes) is 24. The predicted molar refractivity (Wildman–Crippen MR) is 192 cm³/mol. The van der Waals surface area contributed by atoms with Gasteiger partial charge in [-0.05, 0) is 38.7 Å². The molecule has 0 radical (unpaired) electrons. The van der Waals surface area contributed by atoms with E-state index in [0.29, 0.717) is 0 Å². The van der Waals surface area contributed by atoms with Crippen LogP contribution < -0.4 is 0 Å². The third-order valence-corrected chi connectivity index (χ3v) is 10.6. The normalized spacial score (nSPS) is 13.5. The first-order valence-electron chi connectivity index (χ1n) is 19.3. The molecular weight excluding hydrogens is 506 g/mol. The first kappa shape index (κ1) is 39.2. The van der Waals surface area contributed by atoms with Gasteiger partial charge < -0.3 is 4.48 Å². The maximum atomic E-state index is 2.58. The molecule has 0 N–H and O–H groups in total. The highest BCUT2D eigenvalue weighted by Gasteiger charge is 2.42. The number of hydrogen-bond donors (Lipinski definition) is 0. The Morgan fingerprint density at radius 3 is 1.19 bits per heavy atom. The van der Waals surface area contributed by atoms with Gasteiger partial charge in [0.15, 0.2) is 0 Å². The van der Waals surface area contributed by atoms with Crippen LogP contribution in [0.15, 0.2) is 24.3 Å². The van der Waals surface area contributed by atoms with Crippen molar-refractivity contribution in [1.82, 2.24) is 0 Å². The Balaban J connectivity index is 2.33. The van der Waals surface area contributed by atoms with E-state index in [2.05, 4.69) is 66.1 Å². The van der Waals surface area contributed by atoms with Gasteiger partial charge in [-0.25, -0.2) is 0 Å². The third kappa shape index (κ3) is 17.5. The Bertz CT molecular complexity index is 721. The van der Waals surface area contributed by atoms with Crippen LogP contribution in [0, 0.1) is 6.92 Å². The van der Waals surface area contributed by atoms with Gasteiger partial charge in [0.25, 0.3) is 0 Å². The van der Waals surface area contributed by atoms with E-state index >= 15 is 0 Å². The molecule has 1 aromatic rings. The van der Waals surface area contributed by atoms with E-state index in [1.54, 1.807) is 5.56 Å². The summed E-state index contributed by atoms with van der Waals surface area (Å²) in [6, 6.07) is 9.26. The molecule has 0 spiro atoms. The van der Waals surface area contributed by atoms with Crippen LogP contribution in [-0.4, -0.2) is 25.1 Å². The molecule has 246 valence electrons. The molecule has 0 saturated heterocycles. The highest BCUT2D eigenvalue weighted by atomic mass is 15.4. The van der Waals surface area contributed by atoms with E-state index in [4.69, 9.17) is 0 Å². The fraction of sp³-hybridized carbons (Fsp3) is 0.854. The summed E-state index contributed by atoms with van der Waals surface area (Å²) in [4.78, 5) is 0. The molecule has 0 heterocycles. The largest absolute Gasteiger partial charge is 0.320 e. The number of quaternary nitrogens is 1. The number of aryl methyl sites for hydroxylation is 1. The van der Waals surface area contributed by atoms with Gasteiger partial charge in [0, 0.05) is 12.0 Å². The average molecular weight is 585 g/mol.